The summed E-state index contributed by atoms with van der Waals surface area (Å²) < 4.78 is 0. The molecule has 0 aromatic heterocycles. The lowest BCUT2D eigenvalue weighted by atomic mass is 9.52. The van der Waals surface area contributed by atoms with Crippen molar-refractivity contribution < 1.29 is 10.2 Å². The highest BCUT2D eigenvalue weighted by Crippen LogP contribution is 2.57. The lowest BCUT2D eigenvalue weighted by Crippen LogP contribution is -2.78. The van der Waals surface area contributed by atoms with E-state index in [1.165, 1.54) is 0 Å². The standard InChI is InChI=1S/C15H31NO2/c1-10(17)16-14(6,7)12(2,3)11(18)13(4,5)15(16,8)9/h10-11,17-18H,1-9H3. The molecule has 0 aromatic carbocycles. The van der Waals surface area contributed by atoms with E-state index in [-0.39, 0.29) is 21.9 Å². The summed E-state index contributed by atoms with van der Waals surface area (Å²) in [7, 11) is 0. The van der Waals surface area contributed by atoms with Gasteiger partial charge in [0.2, 0.25) is 0 Å². The van der Waals surface area contributed by atoms with Crippen LogP contribution in [0.2, 0.25) is 0 Å². The van der Waals surface area contributed by atoms with Crippen molar-refractivity contribution in [2.24, 2.45) is 10.8 Å². The molecule has 0 bridgehead atoms. The van der Waals surface area contributed by atoms with E-state index >= 15 is 0 Å². The molecular formula is C15H31NO2. The van der Waals surface area contributed by atoms with E-state index in [4.69, 9.17) is 0 Å². The average molecular weight is 257 g/mol. The van der Waals surface area contributed by atoms with Crippen LogP contribution in [-0.2, 0) is 0 Å². The minimum atomic E-state index is -0.541. The molecule has 3 nitrogen and oxygen atoms in total. The van der Waals surface area contributed by atoms with Gasteiger partial charge < -0.3 is 10.2 Å². The van der Waals surface area contributed by atoms with Crippen molar-refractivity contribution in [3.8, 4) is 0 Å². The van der Waals surface area contributed by atoms with E-state index in [9.17, 15) is 10.2 Å². The summed E-state index contributed by atoms with van der Waals surface area (Å²) in [5.74, 6) is 0. The summed E-state index contributed by atoms with van der Waals surface area (Å²) in [5.41, 5.74) is -1.19. The van der Waals surface area contributed by atoms with Crippen molar-refractivity contribution in [3.63, 3.8) is 0 Å². The highest BCUT2D eigenvalue weighted by molar-refractivity contribution is 5.16. The second-order valence-corrected chi connectivity index (χ2v) is 7.97. The molecule has 2 N–H and O–H groups in total. The van der Waals surface area contributed by atoms with E-state index in [1.807, 2.05) is 6.92 Å². The Balaban J connectivity index is 3.50. The molecule has 1 saturated heterocycles. The second-order valence-electron chi connectivity index (χ2n) is 7.97. The van der Waals surface area contributed by atoms with Gasteiger partial charge in [-0.1, -0.05) is 27.7 Å². The van der Waals surface area contributed by atoms with Crippen LogP contribution in [0.3, 0.4) is 0 Å². The maximum atomic E-state index is 10.8. The largest absolute Gasteiger partial charge is 0.392 e. The summed E-state index contributed by atoms with van der Waals surface area (Å²) in [6.07, 6.45) is -0.967. The Kier molecular flexibility index (Phi) is 3.49. The Bertz CT molecular complexity index is 301. The number of aliphatic hydroxyl groups is 2. The summed E-state index contributed by atoms with van der Waals surface area (Å²) >= 11 is 0. The molecule has 1 atom stereocenters. The van der Waals surface area contributed by atoms with Crippen LogP contribution in [0.1, 0.15) is 62.3 Å². The molecule has 1 heterocycles. The van der Waals surface area contributed by atoms with Crippen LogP contribution in [0, 0.1) is 10.8 Å². The molecule has 0 aliphatic carbocycles. The predicted octanol–water partition coefficient (Wildman–Crippen LogP) is 2.61. The molecule has 1 aliphatic rings. The molecule has 1 fully saturated rings. The Morgan fingerprint density at radius 2 is 1.11 bits per heavy atom. The molecule has 1 unspecified atom stereocenters. The van der Waals surface area contributed by atoms with Gasteiger partial charge in [-0.25, -0.2) is 0 Å². The van der Waals surface area contributed by atoms with Crippen molar-refractivity contribution >= 4 is 0 Å². The number of hydrogen-bond acceptors (Lipinski definition) is 3. The van der Waals surface area contributed by atoms with Crippen molar-refractivity contribution in [1.29, 1.82) is 0 Å². The Morgan fingerprint density at radius 3 is 1.33 bits per heavy atom. The van der Waals surface area contributed by atoms with E-state index in [0.29, 0.717) is 0 Å². The topological polar surface area (TPSA) is 43.7 Å². The Hall–Kier alpha value is -0.120. The number of likely N-dealkylation sites (tertiary alicyclic amines) is 1. The summed E-state index contributed by atoms with van der Waals surface area (Å²) in [5, 5.41) is 21.1. The first kappa shape index (κ1) is 15.9. The molecular weight excluding hydrogens is 226 g/mol. The number of nitrogens with zero attached hydrogens (tertiary/aromatic N) is 1. The zero-order valence-electron chi connectivity index (χ0n) is 13.5. The Morgan fingerprint density at radius 1 is 0.833 bits per heavy atom. The molecule has 108 valence electrons. The molecule has 0 radical (unpaired) electrons. The Labute approximate surface area is 112 Å². The average Bonchev–Trinajstić information content (AvgIpc) is 2.12. The quantitative estimate of drug-likeness (QED) is 0.759. The number of piperidine rings is 1. The molecule has 18 heavy (non-hydrogen) atoms. The second kappa shape index (κ2) is 3.94. The fraction of sp³-hybridized carbons (Fsp3) is 1.00. The van der Waals surface area contributed by atoms with E-state index in [2.05, 4.69) is 60.3 Å². The number of hydrogen-bond donors (Lipinski definition) is 2. The van der Waals surface area contributed by atoms with Crippen LogP contribution in [0.15, 0.2) is 0 Å². The van der Waals surface area contributed by atoms with Crippen LogP contribution < -0.4 is 0 Å². The zero-order valence-corrected chi connectivity index (χ0v) is 13.5. The summed E-state index contributed by atoms with van der Waals surface area (Å²) in [4.78, 5) is 2.15. The van der Waals surface area contributed by atoms with E-state index in [0.717, 1.165) is 0 Å². The highest BCUT2D eigenvalue weighted by atomic mass is 16.3. The highest BCUT2D eigenvalue weighted by Gasteiger charge is 2.64. The van der Waals surface area contributed by atoms with Crippen LogP contribution in [-0.4, -0.2) is 38.5 Å². The number of aliphatic hydroxyl groups excluding tert-OH is 2. The summed E-state index contributed by atoms with van der Waals surface area (Å²) in [6.45, 7) is 18.6. The van der Waals surface area contributed by atoms with Gasteiger partial charge in [-0.3, -0.25) is 4.90 Å². The van der Waals surface area contributed by atoms with Gasteiger partial charge in [0.25, 0.3) is 0 Å². The molecule has 3 heteroatoms. The third kappa shape index (κ3) is 1.67. The van der Waals surface area contributed by atoms with Crippen LogP contribution >= 0.6 is 0 Å². The van der Waals surface area contributed by atoms with Crippen LogP contribution in [0.5, 0.6) is 0 Å². The molecule has 0 amide bonds. The van der Waals surface area contributed by atoms with Crippen molar-refractivity contribution in [3.05, 3.63) is 0 Å². The third-order valence-corrected chi connectivity index (χ3v) is 6.10. The van der Waals surface area contributed by atoms with Crippen molar-refractivity contribution in [2.75, 3.05) is 0 Å². The monoisotopic (exact) mass is 257 g/mol. The van der Waals surface area contributed by atoms with Crippen molar-refractivity contribution in [1.82, 2.24) is 4.90 Å². The minimum absolute atomic E-state index is 0.292. The molecule has 0 saturated carbocycles. The van der Waals surface area contributed by atoms with Crippen LogP contribution in [0.4, 0.5) is 0 Å². The van der Waals surface area contributed by atoms with Gasteiger partial charge in [0, 0.05) is 21.9 Å². The molecule has 1 rings (SSSR count). The predicted molar refractivity (Wildman–Crippen MR) is 75.2 cm³/mol. The normalized spacial score (nSPS) is 32.2. The van der Waals surface area contributed by atoms with E-state index in [1.54, 1.807) is 0 Å². The fourth-order valence-corrected chi connectivity index (χ4v) is 3.83. The zero-order chi connectivity index (χ0) is 14.7. The fourth-order valence-electron chi connectivity index (χ4n) is 3.83. The van der Waals surface area contributed by atoms with Gasteiger partial charge >= 0.3 is 0 Å². The van der Waals surface area contributed by atoms with Gasteiger partial charge in [-0.2, -0.15) is 0 Å². The molecule has 0 spiro atoms. The van der Waals surface area contributed by atoms with E-state index < -0.39 is 12.3 Å². The minimum Gasteiger partial charge on any atom is -0.392 e. The lowest BCUT2D eigenvalue weighted by Gasteiger charge is -2.69. The van der Waals surface area contributed by atoms with Gasteiger partial charge in [-0.15, -0.1) is 0 Å². The van der Waals surface area contributed by atoms with Gasteiger partial charge in [-0.05, 0) is 34.6 Å². The van der Waals surface area contributed by atoms with Gasteiger partial charge in [0.1, 0.15) is 6.23 Å². The molecule has 1 aliphatic heterocycles. The third-order valence-electron chi connectivity index (χ3n) is 6.10. The first-order chi connectivity index (χ1) is 7.72. The van der Waals surface area contributed by atoms with Gasteiger partial charge in [0.15, 0.2) is 0 Å². The lowest BCUT2D eigenvalue weighted by molar-refractivity contribution is -0.269. The van der Waals surface area contributed by atoms with Gasteiger partial charge in [0.05, 0.1) is 6.10 Å². The maximum absolute atomic E-state index is 10.8. The first-order valence-corrected chi connectivity index (χ1v) is 6.88. The van der Waals surface area contributed by atoms with Crippen LogP contribution in [0.25, 0.3) is 0 Å². The number of rotatable bonds is 1. The SMILES string of the molecule is CC(O)N1C(C)(C)C(C)(C)C(O)C(C)(C)C1(C)C. The maximum Gasteiger partial charge on any atom is 0.105 e. The smallest absolute Gasteiger partial charge is 0.105 e. The first-order valence-electron chi connectivity index (χ1n) is 6.88. The molecule has 0 aromatic rings. The summed E-state index contributed by atoms with van der Waals surface area (Å²) in [6, 6.07) is 0. The van der Waals surface area contributed by atoms with Crippen molar-refractivity contribution in [2.45, 2.75) is 85.7 Å².